The van der Waals surface area contributed by atoms with Gasteiger partial charge in [-0.05, 0) is 31.0 Å². The summed E-state index contributed by atoms with van der Waals surface area (Å²) in [7, 11) is 0. The number of halogens is 3. The number of alkyl halides is 3. The van der Waals surface area contributed by atoms with Crippen LogP contribution in [0.15, 0.2) is 24.3 Å². The number of hydrogen-bond donors (Lipinski definition) is 2. The molecule has 2 unspecified atom stereocenters. The normalized spacial score (nSPS) is 22.8. The van der Waals surface area contributed by atoms with E-state index < -0.39 is 17.3 Å². The summed E-state index contributed by atoms with van der Waals surface area (Å²) in [5, 5.41) is 13.5. The molecule has 1 aliphatic rings. The summed E-state index contributed by atoms with van der Waals surface area (Å²) in [6.45, 7) is 2.93. The summed E-state index contributed by atoms with van der Waals surface area (Å²) in [5.41, 5.74) is -1.86. The van der Waals surface area contributed by atoms with E-state index in [1.54, 1.807) is 0 Å². The van der Waals surface area contributed by atoms with Crippen LogP contribution in [-0.2, 0) is 16.5 Å². The van der Waals surface area contributed by atoms with Crippen molar-refractivity contribution < 1.29 is 23.0 Å². The van der Waals surface area contributed by atoms with Crippen molar-refractivity contribution in [3.8, 4) is 0 Å². The zero-order valence-corrected chi connectivity index (χ0v) is 11.2. The second-order valence-corrected chi connectivity index (χ2v) is 5.29. The van der Waals surface area contributed by atoms with E-state index in [0.717, 1.165) is 18.6 Å². The zero-order chi connectivity index (χ0) is 14.8. The third-order valence-electron chi connectivity index (χ3n) is 3.48. The Morgan fingerprint density at radius 2 is 2.05 bits per heavy atom. The van der Waals surface area contributed by atoms with E-state index >= 15 is 0 Å². The highest BCUT2D eigenvalue weighted by atomic mass is 19.4. The molecule has 2 N–H and O–H groups in total. The number of hydrogen-bond acceptors (Lipinski definition) is 3. The first kappa shape index (κ1) is 15.3. The van der Waals surface area contributed by atoms with Crippen LogP contribution >= 0.6 is 0 Å². The molecule has 0 aliphatic carbocycles. The third kappa shape index (κ3) is 3.71. The summed E-state index contributed by atoms with van der Waals surface area (Å²) in [6.07, 6.45) is -3.56. The van der Waals surface area contributed by atoms with Gasteiger partial charge in [-0.2, -0.15) is 13.2 Å². The summed E-state index contributed by atoms with van der Waals surface area (Å²) in [4.78, 5) is 0. The predicted molar refractivity (Wildman–Crippen MR) is 68.2 cm³/mol. The molecule has 1 aromatic rings. The van der Waals surface area contributed by atoms with Crippen molar-refractivity contribution >= 4 is 0 Å². The van der Waals surface area contributed by atoms with Gasteiger partial charge in [0.15, 0.2) is 0 Å². The predicted octanol–water partition coefficient (Wildman–Crippen LogP) is 2.29. The van der Waals surface area contributed by atoms with E-state index in [4.69, 9.17) is 4.74 Å². The van der Waals surface area contributed by atoms with Crippen LogP contribution in [0.3, 0.4) is 0 Å². The Kier molecular flexibility index (Phi) is 4.36. The first-order valence-electron chi connectivity index (χ1n) is 6.50. The molecule has 0 bridgehead atoms. The molecule has 3 nitrogen and oxygen atoms in total. The van der Waals surface area contributed by atoms with Gasteiger partial charge in [0.1, 0.15) is 0 Å². The molecule has 1 aliphatic heterocycles. The average molecular weight is 289 g/mol. The topological polar surface area (TPSA) is 41.5 Å². The number of nitrogens with one attached hydrogen (secondary N) is 1. The Bertz CT molecular complexity index is 454. The fourth-order valence-electron chi connectivity index (χ4n) is 2.17. The minimum atomic E-state index is -4.40. The molecule has 0 amide bonds. The van der Waals surface area contributed by atoms with Crippen LogP contribution in [0.5, 0.6) is 0 Å². The Labute approximate surface area is 115 Å². The van der Waals surface area contributed by atoms with E-state index in [1.807, 2.05) is 0 Å². The van der Waals surface area contributed by atoms with Gasteiger partial charge in [0.05, 0.1) is 17.8 Å². The van der Waals surface area contributed by atoms with Crippen molar-refractivity contribution in [1.29, 1.82) is 0 Å². The van der Waals surface area contributed by atoms with Gasteiger partial charge in [0, 0.05) is 19.2 Å². The number of rotatable bonds is 4. The van der Waals surface area contributed by atoms with Crippen LogP contribution in [-0.4, -0.2) is 30.9 Å². The minimum absolute atomic E-state index is 0.146. The lowest BCUT2D eigenvalue weighted by atomic mass is 9.94. The molecule has 0 aromatic heterocycles. The van der Waals surface area contributed by atoms with Crippen LogP contribution in [0, 0.1) is 0 Å². The van der Waals surface area contributed by atoms with Crippen molar-refractivity contribution in [1.82, 2.24) is 5.32 Å². The van der Waals surface area contributed by atoms with Crippen molar-refractivity contribution in [3.05, 3.63) is 35.4 Å². The van der Waals surface area contributed by atoms with Gasteiger partial charge in [-0.1, -0.05) is 12.1 Å². The van der Waals surface area contributed by atoms with Crippen LogP contribution in [0.4, 0.5) is 13.2 Å². The highest BCUT2D eigenvalue weighted by molar-refractivity contribution is 5.29. The molecule has 1 fully saturated rings. The number of benzene rings is 1. The maximum Gasteiger partial charge on any atom is 0.416 e. The largest absolute Gasteiger partial charge is 0.416 e. The van der Waals surface area contributed by atoms with Gasteiger partial charge in [-0.25, -0.2) is 0 Å². The standard InChI is InChI=1S/C14H18F3NO2/c1-13(19,9-18-12-5-6-20-8-12)10-3-2-4-11(7-10)14(15,16)17/h2-4,7,12,18-19H,5-6,8-9H2,1H3. The molecule has 1 aromatic carbocycles. The van der Waals surface area contributed by atoms with Crippen molar-refractivity contribution in [2.24, 2.45) is 0 Å². The molecule has 1 saturated heterocycles. The Hall–Kier alpha value is -1.11. The van der Waals surface area contributed by atoms with Crippen LogP contribution in [0.25, 0.3) is 0 Å². The molecule has 1 heterocycles. The van der Waals surface area contributed by atoms with Gasteiger partial charge >= 0.3 is 6.18 Å². The van der Waals surface area contributed by atoms with Gasteiger partial charge < -0.3 is 15.2 Å². The number of ether oxygens (including phenoxy) is 1. The van der Waals surface area contributed by atoms with Crippen LogP contribution < -0.4 is 5.32 Å². The van der Waals surface area contributed by atoms with Crippen LogP contribution in [0.1, 0.15) is 24.5 Å². The van der Waals surface area contributed by atoms with Gasteiger partial charge in [-0.15, -0.1) is 0 Å². The lowest BCUT2D eigenvalue weighted by Crippen LogP contribution is -2.41. The zero-order valence-electron chi connectivity index (χ0n) is 11.2. The molecule has 2 atom stereocenters. The summed E-state index contributed by atoms with van der Waals surface area (Å²) in [5.74, 6) is 0. The molecule has 0 radical (unpaired) electrons. The third-order valence-corrected chi connectivity index (χ3v) is 3.48. The lowest BCUT2D eigenvalue weighted by molar-refractivity contribution is -0.137. The summed E-state index contributed by atoms with van der Waals surface area (Å²) < 4.78 is 43.2. The lowest BCUT2D eigenvalue weighted by Gasteiger charge is -2.26. The average Bonchev–Trinajstić information content (AvgIpc) is 2.89. The van der Waals surface area contributed by atoms with Gasteiger partial charge in [0.2, 0.25) is 0 Å². The second-order valence-electron chi connectivity index (χ2n) is 5.29. The highest BCUT2D eigenvalue weighted by Gasteiger charge is 2.33. The molecule has 20 heavy (non-hydrogen) atoms. The molecular weight excluding hydrogens is 271 g/mol. The number of aliphatic hydroxyl groups is 1. The molecule has 0 spiro atoms. The maximum atomic E-state index is 12.7. The first-order valence-corrected chi connectivity index (χ1v) is 6.50. The van der Waals surface area contributed by atoms with Crippen molar-refractivity contribution in [2.45, 2.75) is 31.2 Å². The van der Waals surface area contributed by atoms with Crippen molar-refractivity contribution in [2.75, 3.05) is 19.8 Å². The van der Waals surface area contributed by atoms with Crippen molar-refractivity contribution in [3.63, 3.8) is 0 Å². The van der Waals surface area contributed by atoms with Crippen LogP contribution in [0.2, 0.25) is 0 Å². The van der Waals surface area contributed by atoms with E-state index in [9.17, 15) is 18.3 Å². The molecule has 0 saturated carbocycles. The van der Waals surface area contributed by atoms with Gasteiger partial charge in [0.25, 0.3) is 0 Å². The second kappa shape index (κ2) is 5.71. The summed E-state index contributed by atoms with van der Waals surface area (Å²) >= 11 is 0. The maximum absolute atomic E-state index is 12.7. The van der Waals surface area contributed by atoms with E-state index in [0.29, 0.717) is 13.2 Å². The highest BCUT2D eigenvalue weighted by Crippen LogP contribution is 2.32. The monoisotopic (exact) mass is 289 g/mol. The first-order chi connectivity index (χ1) is 9.29. The van der Waals surface area contributed by atoms with Gasteiger partial charge in [-0.3, -0.25) is 0 Å². The molecule has 112 valence electrons. The van der Waals surface area contributed by atoms with E-state index in [2.05, 4.69) is 5.32 Å². The smallest absolute Gasteiger partial charge is 0.384 e. The van der Waals surface area contributed by atoms with E-state index in [-0.39, 0.29) is 18.2 Å². The fraction of sp³-hybridized carbons (Fsp3) is 0.571. The Morgan fingerprint density at radius 3 is 2.65 bits per heavy atom. The Balaban J connectivity index is 2.07. The Morgan fingerprint density at radius 1 is 1.35 bits per heavy atom. The molecular formula is C14H18F3NO2. The minimum Gasteiger partial charge on any atom is -0.384 e. The molecule has 6 heteroatoms. The SMILES string of the molecule is CC(O)(CNC1CCOC1)c1cccc(C(F)(F)F)c1. The molecule has 2 rings (SSSR count). The summed E-state index contributed by atoms with van der Waals surface area (Å²) in [6, 6.07) is 4.95. The quantitative estimate of drug-likeness (QED) is 0.893. The van der Waals surface area contributed by atoms with E-state index in [1.165, 1.54) is 19.1 Å². The fourth-order valence-corrected chi connectivity index (χ4v) is 2.17.